The molecular weight excluding hydrogens is 358 g/mol. The highest BCUT2D eigenvalue weighted by Crippen LogP contribution is 2.42. The van der Waals surface area contributed by atoms with Gasteiger partial charge in [-0.3, -0.25) is 19.3 Å². The van der Waals surface area contributed by atoms with Crippen LogP contribution in [0.25, 0.3) is 0 Å². The number of carboxylic acids is 1. The standard InChI is InChI=1S/C17H19N3O5S/c1-9-8-26-16-13(15(22)19(16)12(9)17(23)24)20(25-2)14(21)11(18)10-6-4-3-5-7-10/h3-7,11,13,16H,8,18H2,1-2H3,(H,23,24)/t11?,13?,16-/m1/s1. The van der Waals surface area contributed by atoms with Gasteiger partial charge in [-0.2, -0.15) is 0 Å². The molecule has 1 saturated heterocycles. The summed E-state index contributed by atoms with van der Waals surface area (Å²) in [5, 5.41) is 9.84. The van der Waals surface area contributed by atoms with E-state index in [1.807, 2.05) is 6.07 Å². The molecule has 2 aliphatic rings. The lowest BCUT2D eigenvalue weighted by Gasteiger charge is -2.51. The van der Waals surface area contributed by atoms with Crippen molar-refractivity contribution in [1.29, 1.82) is 0 Å². The largest absolute Gasteiger partial charge is 0.477 e. The molecule has 0 saturated carbocycles. The number of rotatable bonds is 5. The minimum atomic E-state index is -1.16. The normalized spacial score (nSPS) is 23.2. The zero-order chi connectivity index (χ0) is 19.0. The van der Waals surface area contributed by atoms with E-state index in [0.29, 0.717) is 16.9 Å². The van der Waals surface area contributed by atoms with Gasteiger partial charge in [-0.15, -0.1) is 11.8 Å². The minimum absolute atomic E-state index is 0.0224. The average molecular weight is 377 g/mol. The topological polar surface area (TPSA) is 113 Å². The number of fused-ring (bicyclic) bond motifs is 1. The number of carbonyl (C=O) groups excluding carboxylic acids is 2. The quantitative estimate of drug-likeness (QED) is 0.574. The van der Waals surface area contributed by atoms with Gasteiger partial charge < -0.3 is 10.8 Å². The summed E-state index contributed by atoms with van der Waals surface area (Å²) in [4.78, 5) is 43.3. The molecule has 1 fully saturated rings. The lowest BCUT2D eigenvalue weighted by molar-refractivity contribution is -0.209. The van der Waals surface area contributed by atoms with Crippen molar-refractivity contribution in [3.8, 4) is 0 Å². The van der Waals surface area contributed by atoms with Crippen LogP contribution in [-0.2, 0) is 19.2 Å². The molecule has 0 aromatic heterocycles. The lowest BCUT2D eigenvalue weighted by atomic mass is 10.0. The Labute approximate surface area is 154 Å². The maximum atomic E-state index is 12.8. The van der Waals surface area contributed by atoms with Crippen molar-refractivity contribution in [1.82, 2.24) is 9.96 Å². The van der Waals surface area contributed by atoms with Gasteiger partial charge in [0.05, 0.1) is 7.11 Å². The van der Waals surface area contributed by atoms with Gasteiger partial charge in [0.2, 0.25) is 0 Å². The minimum Gasteiger partial charge on any atom is -0.477 e. The molecule has 3 rings (SSSR count). The van der Waals surface area contributed by atoms with E-state index in [1.54, 1.807) is 31.2 Å². The first-order chi connectivity index (χ1) is 12.4. The molecule has 0 radical (unpaired) electrons. The van der Waals surface area contributed by atoms with Gasteiger partial charge in [-0.1, -0.05) is 30.3 Å². The summed E-state index contributed by atoms with van der Waals surface area (Å²) in [6.45, 7) is 1.68. The predicted molar refractivity (Wildman–Crippen MR) is 94.4 cm³/mol. The average Bonchev–Trinajstić information content (AvgIpc) is 2.65. The summed E-state index contributed by atoms with van der Waals surface area (Å²) >= 11 is 1.39. The Morgan fingerprint density at radius 2 is 2.04 bits per heavy atom. The molecule has 0 bridgehead atoms. The number of aliphatic carboxylic acids is 1. The first-order valence-corrected chi connectivity index (χ1v) is 8.98. The smallest absolute Gasteiger partial charge is 0.352 e. The highest BCUT2D eigenvalue weighted by Gasteiger charge is 2.57. The number of thioether (sulfide) groups is 1. The van der Waals surface area contributed by atoms with Crippen LogP contribution in [0.2, 0.25) is 0 Å². The van der Waals surface area contributed by atoms with Gasteiger partial charge in [-0.05, 0) is 18.1 Å². The summed E-state index contributed by atoms with van der Waals surface area (Å²) in [6, 6.07) is 6.88. The van der Waals surface area contributed by atoms with Crippen LogP contribution >= 0.6 is 11.8 Å². The van der Waals surface area contributed by atoms with Crippen LogP contribution in [0, 0.1) is 0 Å². The molecule has 3 atom stereocenters. The molecule has 9 heteroatoms. The van der Waals surface area contributed by atoms with Crippen LogP contribution in [0.15, 0.2) is 41.6 Å². The molecular formula is C17H19N3O5S. The molecule has 2 heterocycles. The zero-order valence-electron chi connectivity index (χ0n) is 14.3. The fourth-order valence-corrected chi connectivity index (χ4v) is 4.44. The van der Waals surface area contributed by atoms with Gasteiger partial charge in [0.15, 0.2) is 6.04 Å². The highest BCUT2D eigenvalue weighted by atomic mass is 32.2. The van der Waals surface area contributed by atoms with E-state index in [2.05, 4.69) is 0 Å². The summed E-state index contributed by atoms with van der Waals surface area (Å²) in [5.74, 6) is -1.74. The number of benzene rings is 1. The second kappa shape index (κ2) is 7.10. The summed E-state index contributed by atoms with van der Waals surface area (Å²) in [7, 11) is 1.29. The van der Waals surface area contributed by atoms with E-state index < -0.39 is 35.2 Å². The zero-order valence-corrected chi connectivity index (χ0v) is 15.1. The number of hydroxylamine groups is 2. The van der Waals surface area contributed by atoms with E-state index in [1.165, 1.54) is 23.8 Å². The molecule has 2 unspecified atom stereocenters. The third-order valence-corrected chi connectivity index (χ3v) is 5.83. The van der Waals surface area contributed by atoms with Crippen molar-refractivity contribution in [3.63, 3.8) is 0 Å². The van der Waals surface area contributed by atoms with Crippen LogP contribution in [-0.4, -0.2) is 57.1 Å². The van der Waals surface area contributed by atoms with Crippen molar-refractivity contribution in [2.24, 2.45) is 5.73 Å². The number of hydrogen-bond donors (Lipinski definition) is 2. The summed E-state index contributed by atoms with van der Waals surface area (Å²) in [5.41, 5.74) is 7.23. The first-order valence-electron chi connectivity index (χ1n) is 7.94. The Balaban J connectivity index is 1.83. The Bertz CT molecular complexity index is 782. The Kier molecular flexibility index (Phi) is 5.03. The number of carboxylic acid groups (broad SMARTS) is 1. The Hall–Kier alpha value is -2.36. The van der Waals surface area contributed by atoms with E-state index in [4.69, 9.17) is 10.6 Å². The Morgan fingerprint density at radius 1 is 1.38 bits per heavy atom. The lowest BCUT2D eigenvalue weighted by Crippen LogP contribution is -2.71. The van der Waals surface area contributed by atoms with Crippen LogP contribution < -0.4 is 5.73 Å². The summed E-state index contributed by atoms with van der Waals surface area (Å²) < 4.78 is 0. The van der Waals surface area contributed by atoms with E-state index in [9.17, 15) is 19.5 Å². The molecule has 2 aliphatic heterocycles. The van der Waals surface area contributed by atoms with Gasteiger partial charge in [0.25, 0.3) is 11.8 Å². The van der Waals surface area contributed by atoms with Crippen molar-refractivity contribution in [3.05, 3.63) is 47.2 Å². The highest BCUT2D eigenvalue weighted by molar-refractivity contribution is 8.00. The molecule has 2 amide bonds. The van der Waals surface area contributed by atoms with Crippen LogP contribution in [0.5, 0.6) is 0 Å². The predicted octanol–water partition coefficient (Wildman–Crippen LogP) is 0.719. The molecule has 1 aromatic rings. The van der Waals surface area contributed by atoms with Gasteiger partial charge in [0.1, 0.15) is 17.1 Å². The maximum Gasteiger partial charge on any atom is 0.352 e. The Morgan fingerprint density at radius 3 is 2.62 bits per heavy atom. The molecule has 3 N–H and O–H groups in total. The molecule has 0 aliphatic carbocycles. The first kappa shape index (κ1) is 18.4. The third kappa shape index (κ3) is 2.87. The van der Waals surface area contributed by atoms with Gasteiger partial charge >= 0.3 is 5.97 Å². The van der Waals surface area contributed by atoms with E-state index >= 15 is 0 Å². The van der Waals surface area contributed by atoms with Crippen molar-refractivity contribution in [2.45, 2.75) is 24.4 Å². The summed E-state index contributed by atoms with van der Waals surface area (Å²) in [6.07, 6.45) is 0. The van der Waals surface area contributed by atoms with Crippen LogP contribution in [0.1, 0.15) is 18.5 Å². The van der Waals surface area contributed by atoms with E-state index in [-0.39, 0.29) is 5.70 Å². The number of amides is 2. The monoisotopic (exact) mass is 377 g/mol. The number of carbonyl (C=O) groups is 3. The third-order valence-electron chi connectivity index (χ3n) is 4.42. The van der Waals surface area contributed by atoms with Gasteiger partial charge in [0, 0.05) is 5.75 Å². The second-order valence-corrected chi connectivity index (χ2v) is 7.13. The van der Waals surface area contributed by atoms with Crippen LogP contribution in [0.3, 0.4) is 0 Å². The molecule has 26 heavy (non-hydrogen) atoms. The second-order valence-electron chi connectivity index (χ2n) is 6.02. The number of nitrogens with zero attached hydrogens (tertiary/aromatic N) is 2. The molecule has 138 valence electrons. The van der Waals surface area contributed by atoms with Crippen molar-refractivity contribution in [2.75, 3.05) is 12.9 Å². The van der Waals surface area contributed by atoms with E-state index in [0.717, 1.165) is 5.06 Å². The molecule has 0 spiro atoms. The molecule has 8 nitrogen and oxygen atoms in total. The molecule has 1 aromatic carbocycles. The number of nitrogens with two attached hydrogens (primary N) is 1. The van der Waals surface area contributed by atoms with Crippen LogP contribution in [0.4, 0.5) is 0 Å². The number of hydrogen-bond acceptors (Lipinski definition) is 6. The fourth-order valence-electron chi connectivity index (χ4n) is 3.12. The SMILES string of the molecule is CON(C(=O)C(N)c1ccccc1)C1C(=O)N2C(C(=O)O)=C(C)CS[C@H]12. The fraction of sp³-hybridized carbons (Fsp3) is 0.353. The van der Waals surface area contributed by atoms with Crippen molar-refractivity contribution < 1.29 is 24.3 Å². The maximum absolute atomic E-state index is 12.8. The van der Waals surface area contributed by atoms with Crippen molar-refractivity contribution >= 4 is 29.5 Å². The number of β-lactam (4-membered cyclic amide) rings is 1. The van der Waals surface area contributed by atoms with Gasteiger partial charge in [-0.25, -0.2) is 9.86 Å².